The topological polar surface area (TPSA) is 73.6 Å². The second kappa shape index (κ2) is 6.56. The molecule has 0 radical (unpaired) electrons. The van der Waals surface area contributed by atoms with Crippen LogP contribution in [0, 0.1) is 0 Å². The summed E-state index contributed by atoms with van der Waals surface area (Å²) in [6.45, 7) is 5.06. The highest BCUT2D eigenvalue weighted by Gasteiger charge is 2.20. The fraction of sp³-hybridized carbons (Fsp3) is 0.500. The molecule has 0 saturated carbocycles. The average molecular weight is 284 g/mol. The van der Waals surface area contributed by atoms with Gasteiger partial charge in [0.2, 0.25) is 0 Å². The lowest BCUT2D eigenvalue weighted by atomic mass is 10.1. The third-order valence-corrected chi connectivity index (χ3v) is 2.44. The van der Waals surface area contributed by atoms with Gasteiger partial charge in [0.1, 0.15) is 17.5 Å². The summed E-state index contributed by atoms with van der Waals surface area (Å²) in [6, 6.07) is 4.68. The van der Waals surface area contributed by atoms with E-state index in [1.165, 1.54) is 13.2 Å². The van der Waals surface area contributed by atoms with Crippen molar-refractivity contribution in [3.63, 3.8) is 0 Å². The molecule has 0 aliphatic carbocycles. The Kier molecular flexibility index (Phi) is 5.33. The average Bonchev–Trinajstić information content (AvgIpc) is 2.36. The van der Waals surface area contributed by atoms with Gasteiger partial charge in [-0.05, 0) is 39.0 Å². The predicted molar refractivity (Wildman–Crippen MR) is 75.8 cm³/mol. The zero-order chi connectivity index (χ0) is 15.3. The number of ether oxygens (including phenoxy) is 2. The molecule has 0 bridgehead atoms. The number of carbonyl (C=O) groups excluding carboxylic acids is 1. The van der Waals surface area contributed by atoms with E-state index in [0.717, 1.165) is 0 Å². The van der Waals surface area contributed by atoms with Crippen LogP contribution in [-0.2, 0) is 4.74 Å². The molecule has 1 rings (SSSR count). The van der Waals surface area contributed by atoms with Crippen molar-refractivity contribution in [2.24, 2.45) is 5.73 Å². The molecule has 20 heavy (non-hydrogen) atoms. The van der Waals surface area contributed by atoms with Crippen LogP contribution in [0.2, 0.25) is 0 Å². The van der Waals surface area contributed by atoms with Crippen LogP contribution in [0.4, 0.5) is 14.9 Å². The van der Waals surface area contributed by atoms with Gasteiger partial charge in [-0.3, -0.25) is 5.32 Å². The molecule has 1 atom stereocenters. The molecule has 0 fully saturated rings. The molecular formula is C14H21FN2O3. The minimum atomic E-state index is -1.39. The summed E-state index contributed by atoms with van der Waals surface area (Å²) in [5.41, 5.74) is 5.29. The Hall–Kier alpha value is -1.82. The molecule has 0 aliphatic rings. The Labute approximate surface area is 118 Å². The van der Waals surface area contributed by atoms with Crippen LogP contribution in [0.1, 0.15) is 32.5 Å². The van der Waals surface area contributed by atoms with Gasteiger partial charge in [0.25, 0.3) is 0 Å². The fourth-order valence-electron chi connectivity index (χ4n) is 1.58. The first kappa shape index (κ1) is 16.2. The molecule has 1 aromatic rings. The van der Waals surface area contributed by atoms with Crippen molar-refractivity contribution in [3.05, 3.63) is 23.8 Å². The molecule has 0 aliphatic heterocycles. The van der Waals surface area contributed by atoms with Gasteiger partial charge in [0.05, 0.1) is 12.8 Å². The third kappa shape index (κ3) is 4.70. The van der Waals surface area contributed by atoms with Gasteiger partial charge in [-0.15, -0.1) is 0 Å². The number of carbonyl (C=O) groups is 1. The summed E-state index contributed by atoms with van der Waals surface area (Å²) in [5, 5.41) is 2.52. The van der Waals surface area contributed by atoms with E-state index in [1.54, 1.807) is 32.9 Å². The van der Waals surface area contributed by atoms with E-state index in [-0.39, 0.29) is 12.1 Å². The van der Waals surface area contributed by atoms with E-state index in [9.17, 15) is 9.18 Å². The number of nitrogens with one attached hydrogen (secondary N) is 1. The molecule has 112 valence electrons. The molecule has 0 heterocycles. The number of anilines is 1. The summed E-state index contributed by atoms with van der Waals surface area (Å²) in [6.07, 6.45) is -2.04. The van der Waals surface area contributed by atoms with Gasteiger partial charge >= 0.3 is 6.09 Å². The molecule has 1 aromatic carbocycles. The number of methoxy groups -OCH3 is 1. The van der Waals surface area contributed by atoms with Crippen molar-refractivity contribution in [1.82, 2.24) is 0 Å². The zero-order valence-corrected chi connectivity index (χ0v) is 12.2. The maximum atomic E-state index is 13.9. The number of halogens is 1. The molecule has 5 nitrogen and oxygen atoms in total. The van der Waals surface area contributed by atoms with Gasteiger partial charge in [-0.25, -0.2) is 9.18 Å². The smallest absolute Gasteiger partial charge is 0.412 e. The number of hydrogen-bond acceptors (Lipinski definition) is 4. The van der Waals surface area contributed by atoms with Crippen molar-refractivity contribution in [2.75, 3.05) is 19.0 Å². The summed E-state index contributed by atoms with van der Waals surface area (Å²) >= 11 is 0. The third-order valence-electron chi connectivity index (χ3n) is 2.44. The maximum Gasteiger partial charge on any atom is 0.412 e. The lowest BCUT2D eigenvalue weighted by Gasteiger charge is -2.21. The molecule has 6 heteroatoms. The first-order valence-corrected chi connectivity index (χ1v) is 6.29. The van der Waals surface area contributed by atoms with Crippen molar-refractivity contribution < 1.29 is 18.7 Å². The number of amides is 1. The van der Waals surface area contributed by atoms with Crippen LogP contribution in [0.25, 0.3) is 0 Å². The summed E-state index contributed by atoms with van der Waals surface area (Å²) in [7, 11) is 1.48. The highest BCUT2D eigenvalue weighted by molar-refractivity contribution is 5.86. The van der Waals surface area contributed by atoms with Crippen LogP contribution < -0.4 is 15.8 Å². The van der Waals surface area contributed by atoms with Crippen molar-refractivity contribution in [1.29, 1.82) is 0 Å². The van der Waals surface area contributed by atoms with E-state index in [0.29, 0.717) is 11.4 Å². The molecule has 1 unspecified atom stereocenters. The Morgan fingerprint density at radius 1 is 1.45 bits per heavy atom. The van der Waals surface area contributed by atoms with E-state index in [1.807, 2.05) is 0 Å². The van der Waals surface area contributed by atoms with Gasteiger partial charge in [0, 0.05) is 12.1 Å². The number of benzene rings is 1. The van der Waals surface area contributed by atoms with E-state index in [4.69, 9.17) is 15.2 Å². The first-order valence-electron chi connectivity index (χ1n) is 6.29. The lowest BCUT2D eigenvalue weighted by Crippen LogP contribution is -2.27. The quantitative estimate of drug-likeness (QED) is 0.891. The van der Waals surface area contributed by atoms with E-state index < -0.39 is 17.9 Å². The number of rotatable bonds is 4. The van der Waals surface area contributed by atoms with Crippen LogP contribution in [0.3, 0.4) is 0 Å². The molecule has 3 N–H and O–H groups in total. The van der Waals surface area contributed by atoms with Crippen LogP contribution in [0.15, 0.2) is 18.2 Å². The number of nitrogens with two attached hydrogens (primary N) is 1. The van der Waals surface area contributed by atoms with Crippen molar-refractivity contribution >= 4 is 11.8 Å². The summed E-state index contributed by atoms with van der Waals surface area (Å²) in [4.78, 5) is 11.7. The van der Waals surface area contributed by atoms with Gasteiger partial charge < -0.3 is 15.2 Å². The van der Waals surface area contributed by atoms with Gasteiger partial charge in [-0.1, -0.05) is 0 Å². The van der Waals surface area contributed by atoms with Crippen LogP contribution >= 0.6 is 0 Å². The zero-order valence-electron chi connectivity index (χ0n) is 12.2. The van der Waals surface area contributed by atoms with Crippen molar-refractivity contribution in [2.45, 2.75) is 32.5 Å². The molecule has 0 saturated heterocycles. The lowest BCUT2D eigenvalue weighted by molar-refractivity contribution is 0.0635. The van der Waals surface area contributed by atoms with Crippen LogP contribution in [-0.4, -0.2) is 25.3 Å². The Morgan fingerprint density at radius 3 is 2.60 bits per heavy atom. The van der Waals surface area contributed by atoms with E-state index in [2.05, 4.69) is 5.32 Å². The Bertz CT molecular complexity index is 472. The summed E-state index contributed by atoms with van der Waals surface area (Å²) in [5.74, 6) is 0.492. The highest BCUT2D eigenvalue weighted by atomic mass is 19.1. The van der Waals surface area contributed by atoms with Crippen LogP contribution in [0.5, 0.6) is 5.75 Å². The second-order valence-electron chi connectivity index (χ2n) is 5.28. The normalized spacial score (nSPS) is 12.7. The highest BCUT2D eigenvalue weighted by Crippen LogP contribution is 2.29. The molecular weight excluding hydrogens is 263 g/mol. The Balaban J connectivity index is 2.96. The molecule has 1 amide bonds. The standard InChI is InChI=1S/C14H21FN2O3/c1-14(2,3)20-13(18)17-12-6-5-9(19-4)7-10(12)11(15)8-16/h5-7,11H,8,16H2,1-4H3,(H,17,18). The monoisotopic (exact) mass is 284 g/mol. The molecule has 0 spiro atoms. The van der Waals surface area contributed by atoms with Gasteiger partial charge in [-0.2, -0.15) is 0 Å². The minimum absolute atomic E-state index is 0.184. The minimum Gasteiger partial charge on any atom is -0.497 e. The number of hydrogen-bond donors (Lipinski definition) is 2. The Morgan fingerprint density at radius 2 is 2.10 bits per heavy atom. The molecule has 0 aromatic heterocycles. The van der Waals surface area contributed by atoms with Gasteiger partial charge in [0.15, 0.2) is 0 Å². The fourth-order valence-corrected chi connectivity index (χ4v) is 1.58. The van der Waals surface area contributed by atoms with E-state index >= 15 is 0 Å². The predicted octanol–water partition coefficient (Wildman–Crippen LogP) is 3.01. The van der Waals surface area contributed by atoms with Crippen molar-refractivity contribution in [3.8, 4) is 5.75 Å². The largest absolute Gasteiger partial charge is 0.497 e. The summed E-state index contributed by atoms with van der Waals surface area (Å²) < 4.78 is 24.0. The SMILES string of the molecule is COc1ccc(NC(=O)OC(C)(C)C)c(C(F)CN)c1. The maximum absolute atomic E-state index is 13.9. The second-order valence-corrected chi connectivity index (χ2v) is 5.28. The number of alkyl halides is 1. The first-order chi connectivity index (χ1) is 9.26.